The van der Waals surface area contributed by atoms with Crippen LogP contribution in [0.5, 0.6) is 0 Å². The summed E-state index contributed by atoms with van der Waals surface area (Å²) in [6.45, 7) is 10.6. The molecule has 1 amide bonds. The van der Waals surface area contributed by atoms with Crippen molar-refractivity contribution in [3.8, 4) is 0 Å². The van der Waals surface area contributed by atoms with Gasteiger partial charge in [0.1, 0.15) is 0 Å². The van der Waals surface area contributed by atoms with E-state index in [0.29, 0.717) is 5.91 Å². The third kappa shape index (κ3) is 2.89. The van der Waals surface area contributed by atoms with Gasteiger partial charge in [0.2, 0.25) is 0 Å². The first-order chi connectivity index (χ1) is 11.0. The van der Waals surface area contributed by atoms with Gasteiger partial charge in [0, 0.05) is 23.7 Å². The summed E-state index contributed by atoms with van der Waals surface area (Å²) in [4.78, 5) is 15.3. The molecule has 0 aromatic heterocycles. The zero-order valence-electron chi connectivity index (χ0n) is 14.6. The summed E-state index contributed by atoms with van der Waals surface area (Å²) in [6.07, 6.45) is 4.82. The van der Waals surface area contributed by atoms with E-state index in [1.807, 2.05) is 17.0 Å². The standard InChI is InChI=1S/C19H28ClN2O/c1-4-22(10-6-5-7-11-22)17-8-9-21(19(17)23)18-14(2)12-16(20)13-15(18)3/h12-13,17H,4-11H2,1-3H3/q+1. The third-order valence-corrected chi connectivity index (χ3v) is 6.12. The Bertz CT molecular complexity index is 584. The highest BCUT2D eigenvalue weighted by Gasteiger charge is 2.47. The molecule has 0 saturated carbocycles. The zero-order valence-corrected chi connectivity index (χ0v) is 15.3. The summed E-state index contributed by atoms with van der Waals surface area (Å²) >= 11 is 6.15. The fraction of sp³-hybridized carbons (Fsp3) is 0.632. The van der Waals surface area contributed by atoms with Crippen molar-refractivity contribution >= 4 is 23.2 Å². The fourth-order valence-electron chi connectivity index (χ4n) is 4.71. The average molecular weight is 336 g/mol. The smallest absolute Gasteiger partial charge is 0.285 e. The summed E-state index contributed by atoms with van der Waals surface area (Å²) in [5.74, 6) is 0.322. The minimum atomic E-state index is 0.148. The predicted molar refractivity (Wildman–Crippen MR) is 96.1 cm³/mol. The van der Waals surface area contributed by atoms with E-state index < -0.39 is 0 Å². The number of hydrogen-bond acceptors (Lipinski definition) is 1. The summed E-state index contributed by atoms with van der Waals surface area (Å²) in [5, 5.41) is 0.750. The molecule has 2 fully saturated rings. The molecule has 0 N–H and O–H groups in total. The number of benzene rings is 1. The van der Waals surface area contributed by atoms with Crippen LogP contribution in [0.3, 0.4) is 0 Å². The Balaban J connectivity index is 1.90. The van der Waals surface area contributed by atoms with Crippen molar-refractivity contribution < 1.29 is 9.28 Å². The molecule has 126 valence electrons. The number of carbonyl (C=O) groups excluding carboxylic acids is 1. The van der Waals surface area contributed by atoms with Gasteiger partial charge < -0.3 is 9.38 Å². The first-order valence-corrected chi connectivity index (χ1v) is 9.30. The number of piperidine rings is 1. The maximum absolute atomic E-state index is 13.2. The van der Waals surface area contributed by atoms with Crippen LogP contribution >= 0.6 is 11.6 Å². The number of carbonyl (C=O) groups is 1. The number of hydrogen-bond donors (Lipinski definition) is 0. The Morgan fingerprint density at radius 1 is 1.17 bits per heavy atom. The number of aryl methyl sites for hydroxylation is 2. The quantitative estimate of drug-likeness (QED) is 0.762. The van der Waals surface area contributed by atoms with E-state index in [0.717, 1.165) is 45.8 Å². The zero-order chi connectivity index (χ0) is 16.6. The largest absolute Gasteiger partial charge is 0.314 e. The Morgan fingerprint density at radius 2 is 1.78 bits per heavy atom. The minimum Gasteiger partial charge on any atom is -0.314 e. The first-order valence-electron chi connectivity index (χ1n) is 8.92. The van der Waals surface area contributed by atoms with Gasteiger partial charge in [-0.2, -0.15) is 0 Å². The van der Waals surface area contributed by atoms with E-state index >= 15 is 0 Å². The Kier molecular flexibility index (Phi) is 4.70. The van der Waals surface area contributed by atoms with Gasteiger partial charge in [-0.1, -0.05) is 11.6 Å². The summed E-state index contributed by atoms with van der Waals surface area (Å²) in [7, 11) is 0. The molecular formula is C19H28ClN2O+. The number of rotatable bonds is 3. The second kappa shape index (κ2) is 6.45. The molecule has 1 unspecified atom stereocenters. The SMILES string of the molecule is CC[N+]1(C2CCN(c3c(C)cc(Cl)cc3C)C2=O)CCCCC1. The fourth-order valence-corrected chi connectivity index (χ4v) is 5.04. The number of nitrogens with zero attached hydrogens (tertiary/aromatic N) is 2. The Labute approximate surface area is 144 Å². The normalized spacial score (nSPS) is 24.3. The molecule has 2 aliphatic rings. The van der Waals surface area contributed by atoms with Crippen LogP contribution in [-0.4, -0.2) is 42.6 Å². The van der Waals surface area contributed by atoms with Crippen LogP contribution in [0.15, 0.2) is 12.1 Å². The maximum atomic E-state index is 13.2. The highest BCUT2D eigenvalue weighted by atomic mass is 35.5. The van der Waals surface area contributed by atoms with Crippen LogP contribution in [0, 0.1) is 13.8 Å². The highest BCUT2D eigenvalue weighted by Crippen LogP contribution is 2.35. The molecular weight excluding hydrogens is 308 g/mol. The number of anilines is 1. The van der Waals surface area contributed by atoms with Gasteiger partial charge in [-0.15, -0.1) is 0 Å². The number of amides is 1. The van der Waals surface area contributed by atoms with Gasteiger partial charge in [-0.05, 0) is 63.3 Å². The first kappa shape index (κ1) is 16.8. The lowest BCUT2D eigenvalue weighted by Crippen LogP contribution is -2.60. The molecule has 3 nitrogen and oxygen atoms in total. The molecule has 2 aliphatic heterocycles. The molecule has 2 saturated heterocycles. The van der Waals surface area contributed by atoms with Gasteiger partial charge in [0.15, 0.2) is 6.04 Å². The van der Waals surface area contributed by atoms with E-state index in [4.69, 9.17) is 11.6 Å². The topological polar surface area (TPSA) is 20.3 Å². The molecule has 0 bridgehead atoms. The average Bonchev–Trinajstić information content (AvgIpc) is 2.89. The highest BCUT2D eigenvalue weighted by molar-refractivity contribution is 6.30. The van der Waals surface area contributed by atoms with Crippen molar-refractivity contribution in [3.63, 3.8) is 0 Å². The molecule has 4 heteroatoms. The van der Waals surface area contributed by atoms with Gasteiger partial charge >= 0.3 is 0 Å². The second-order valence-corrected chi connectivity index (χ2v) is 7.66. The van der Waals surface area contributed by atoms with Gasteiger partial charge in [-0.25, -0.2) is 0 Å². The van der Waals surface area contributed by atoms with Gasteiger partial charge in [-0.3, -0.25) is 4.79 Å². The number of likely N-dealkylation sites (N-methyl/N-ethyl adjacent to an activating group) is 1. The number of quaternary nitrogens is 1. The van der Waals surface area contributed by atoms with E-state index in [1.54, 1.807) is 0 Å². The Morgan fingerprint density at radius 3 is 2.35 bits per heavy atom. The molecule has 0 radical (unpaired) electrons. The van der Waals surface area contributed by atoms with E-state index in [2.05, 4.69) is 20.8 Å². The molecule has 3 rings (SSSR count). The third-order valence-electron chi connectivity index (χ3n) is 5.90. The van der Waals surface area contributed by atoms with Crippen molar-refractivity contribution in [3.05, 3.63) is 28.3 Å². The van der Waals surface area contributed by atoms with E-state index in [-0.39, 0.29) is 6.04 Å². The maximum Gasteiger partial charge on any atom is 0.285 e. The van der Waals surface area contributed by atoms with Crippen LogP contribution in [0.25, 0.3) is 0 Å². The van der Waals surface area contributed by atoms with Crippen molar-refractivity contribution in [2.75, 3.05) is 31.1 Å². The van der Waals surface area contributed by atoms with Gasteiger partial charge in [0.05, 0.1) is 19.6 Å². The second-order valence-electron chi connectivity index (χ2n) is 7.23. The molecule has 23 heavy (non-hydrogen) atoms. The van der Waals surface area contributed by atoms with Crippen LogP contribution in [0.2, 0.25) is 5.02 Å². The van der Waals surface area contributed by atoms with Crippen molar-refractivity contribution in [2.24, 2.45) is 0 Å². The van der Waals surface area contributed by atoms with E-state index in [9.17, 15) is 4.79 Å². The van der Waals surface area contributed by atoms with Crippen LogP contribution < -0.4 is 4.90 Å². The van der Waals surface area contributed by atoms with Crippen LogP contribution in [0.4, 0.5) is 5.69 Å². The molecule has 1 aromatic carbocycles. The van der Waals surface area contributed by atoms with Crippen molar-refractivity contribution in [1.82, 2.24) is 0 Å². The van der Waals surface area contributed by atoms with Crippen LogP contribution in [-0.2, 0) is 4.79 Å². The van der Waals surface area contributed by atoms with Crippen molar-refractivity contribution in [2.45, 2.75) is 52.5 Å². The lowest BCUT2D eigenvalue weighted by atomic mass is 10.0. The summed E-state index contributed by atoms with van der Waals surface area (Å²) in [6, 6.07) is 4.08. The lowest BCUT2D eigenvalue weighted by Gasteiger charge is -2.44. The molecule has 0 spiro atoms. The summed E-state index contributed by atoms with van der Waals surface area (Å²) < 4.78 is 1.00. The molecule has 1 atom stereocenters. The molecule has 0 aliphatic carbocycles. The number of halogens is 1. The van der Waals surface area contributed by atoms with E-state index in [1.165, 1.54) is 32.4 Å². The molecule has 2 heterocycles. The number of likely N-dealkylation sites (tertiary alicyclic amines) is 1. The lowest BCUT2D eigenvalue weighted by molar-refractivity contribution is -0.944. The summed E-state index contributed by atoms with van der Waals surface area (Å²) in [5.41, 5.74) is 3.28. The van der Waals surface area contributed by atoms with Crippen LogP contribution in [0.1, 0.15) is 43.7 Å². The van der Waals surface area contributed by atoms with Crippen molar-refractivity contribution in [1.29, 1.82) is 0 Å². The minimum absolute atomic E-state index is 0.148. The Hall–Kier alpha value is -1.06. The predicted octanol–water partition coefficient (Wildman–Crippen LogP) is 4.08. The molecule has 1 aromatic rings. The van der Waals surface area contributed by atoms with Gasteiger partial charge in [0.25, 0.3) is 5.91 Å². The monoisotopic (exact) mass is 335 g/mol.